The second-order valence-electron chi connectivity index (χ2n) is 4.01. The maximum absolute atomic E-state index is 11.2. The summed E-state index contributed by atoms with van der Waals surface area (Å²) in [6.45, 7) is 6.20. The maximum atomic E-state index is 11.2. The van der Waals surface area contributed by atoms with Gasteiger partial charge in [0.15, 0.2) is 0 Å². The molecule has 2 N–H and O–H groups in total. The summed E-state index contributed by atoms with van der Waals surface area (Å²) in [5, 5.41) is 0. The zero-order chi connectivity index (χ0) is 9.42. The second kappa shape index (κ2) is 3.27. The smallest absolute Gasteiger partial charge is 0.241 e. The summed E-state index contributed by atoms with van der Waals surface area (Å²) in [4.78, 5) is 15.5. The molecule has 74 valence electrons. The molecular formula is C9H17N3O. The van der Waals surface area contributed by atoms with E-state index in [1.165, 1.54) is 6.42 Å². The molecule has 0 aromatic rings. The largest absolute Gasteiger partial charge is 0.334 e. The molecule has 0 aromatic heterocycles. The van der Waals surface area contributed by atoms with E-state index in [4.69, 9.17) is 5.73 Å². The van der Waals surface area contributed by atoms with Gasteiger partial charge in [0.2, 0.25) is 5.91 Å². The van der Waals surface area contributed by atoms with Gasteiger partial charge in [0.1, 0.15) is 6.04 Å². The highest BCUT2D eigenvalue weighted by Gasteiger charge is 2.42. The van der Waals surface area contributed by atoms with E-state index in [1.54, 1.807) is 0 Å². The third-order valence-corrected chi connectivity index (χ3v) is 2.91. The molecule has 2 heterocycles. The Labute approximate surface area is 78.7 Å². The normalized spacial score (nSPS) is 30.2. The van der Waals surface area contributed by atoms with Crippen LogP contribution in [0.4, 0.5) is 0 Å². The summed E-state index contributed by atoms with van der Waals surface area (Å²) in [6, 6.07) is 0.249. The molecule has 2 fully saturated rings. The van der Waals surface area contributed by atoms with Gasteiger partial charge in [-0.25, -0.2) is 0 Å². The molecule has 0 radical (unpaired) electrons. The third kappa shape index (κ3) is 1.44. The van der Waals surface area contributed by atoms with Crippen molar-refractivity contribution in [3.63, 3.8) is 0 Å². The second-order valence-corrected chi connectivity index (χ2v) is 4.01. The van der Waals surface area contributed by atoms with Gasteiger partial charge in [-0.3, -0.25) is 9.69 Å². The van der Waals surface area contributed by atoms with Gasteiger partial charge in [0, 0.05) is 19.6 Å². The Morgan fingerprint density at radius 3 is 2.62 bits per heavy atom. The number of carbonyl (C=O) groups excluding carboxylic acids is 1. The Bertz CT molecular complexity index is 213. The summed E-state index contributed by atoms with van der Waals surface area (Å²) in [5.41, 5.74) is 5.52. The quantitative estimate of drug-likeness (QED) is 0.586. The Morgan fingerprint density at radius 1 is 1.46 bits per heavy atom. The number of hydrogen-bond acceptors (Lipinski definition) is 3. The van der Waals surface area contributed by atoms with Gasteiger partial charge < -0.3 is 10.6 Å². The number of carbonyl (C=O) groups is 1. The molecule has 4 heteroatoms. The van der Waals surface area contributed by atoms with Crippen molar-refractivity contribution in [1.82, 2.24) is 9.80 Å². The molecular weight excluding hydrogens is 166 g/mol. The van der Waals surface area contributed by atoms with Gasteiger partial charge in [-0.1, -0.05) is 6.92 Å². The van der Waals surface area contributed by atoms with Crippen LogP contribution in [0.15, 0.2) is 0 Å². The van der Waals surface area contributed by atoms with Crippen LogP contribution in [-0.4, -0.2) is 54.0 Å². The lowest BCUT2D eigenvalue weighted by atomic mass is 9.99. The van der Waals surface area contributed by atoms with E-state index in [1.807, 2.05) is 4.90 Å². The van der Waals surface area contributed by atoms with E-state index in [0.29, 0.717) is 6.04 Å². The lowest BCUT2D eigenvalue weighted by molar-refractivity contribution is -0.150. The molecule has 0 bridgehead atoms. The molecule has 2 rings (SSSR count). The number of β-lactam (4-membered cyclic amide) rings is 1. The number of rotatable bonds is 3. The minimum Gasteiger partial charge on any atom is -0.334 e. The van der Waals surface area contributed by atoms with E-state index in [0.717, 1.165) is 26.2 Å². The fourth-order valence-corrected chi connectivity index (χ4v) is 2.05. The molecule has 13 heavy (non-hydrogen) atoms. The van der Waals surface area contributed by atoms with Crippen molar-refractivity contribution in [3.8, 4) is 0 Å². The highest BCUT2D eigenvalue weighted by Crippen LogP contribution is 2.20. The van der Waals surface area contributed by atoms with Crippen LogP contribution in [-0.2, 0) is 4.79 Å². The van der Waals surface area contributed by atoms with Crippen LogP contribution in [0, 0.1) is 0 Å². The molecule has 0 spiro atoms. The minimum atomic E-state index is -0.208. The van der Waals surface area contributed by atoms with E-state index in [9.17, 15) is 4.79 Å². The molecule has 0 aliphatic carbocycles. The number of hydrogen-bond donors (Lipinski definition) is 1. The van der Waals surface area contributed by atoms with E-state index < -0.39 is 0 Å². The van der Waals surface area contributed by atoms with Gasteiger partial charge >= 0.3 is 0 Å². The number of nitrogens with zero attached hydrogens (tertiary/aromatic N) is 2. The van der Waals surface area contributed by atoms with E-state index >= 15 is 0 Å². The third-order valence-electron chi connectivity index (χ3n) is 2.91. The maximum Gasteiger partial charge on any atom is 0.241 e. The first-order chi connectivity index (χ1) is 6.22. The van der Waals surface area contributed by atoms with Crippen molar-refractivity contribution in [3.05, 3.63) is 0 Å². The summed E-state index contributed by atoms with van der Waals surface area (Å²) >= 11 is 0. The van der Waals surface area contributed by atoms with Crippen LogP contribution in [0.5, 0.6) is 0 Å². The molecule has 1 unspecified atom stereocenters. The van der Waals surface area contributed by atoms with E-state index in [2.05, 4.69) is 11.8 Å². The fraction of sp³-hybridized carbons (Fsp3) is 0.889. The zero-order valence-corrected chi connectivity index (χ0v) is 8.07. The number of nitrogens with two attached hydrogens (primary N) is 1. The average molecular weight is 183 g/mol. The lowest BCUT2D eigenvalue weighted by Gasteiger charge is -2.50. The van der Waals surface area contributed by atoms with Crippen molar-refractivity contribution in [1.29, 1.82) is 0 Å². The van der Waals surface area contributed by atoms with Gasteiger partial charge in [-0.05, 0) is 13.0 Å². The first kappa shape index (κ1) is 8.97. The Hall–Kier alpha value is -0.610. The molecule has 2 aliphatic heterocycles. The van der Waals surface area contributed by atoms with Crippen molar-refractivity contribution < 1.29 is 4.79 Å². The molecule has 0 aromatic carbocycles. The topological polar surface area (TPSA) is 49.6 Å². The summed E-state index contributed by atoms with van der Waals surface area (Å²) in [7, 11) is 0. The first-order valence-corrected chi connectivity index (χ1v) is 5.00. The summed E-state index contributed by atoms with van der Waals surface area (Å²) in [6.07, 6.45) is 1.19. The predicted octanol–water partition coefficient (Wildman–Crippen LogP) is -0.750. The zero-order valence-electron chi connectivity index (χ0n) is 8.07. The predicted molar refractivity (Wildman–Crippen MR) is 50.2 cm³/mol. The molecule has 4 nitrogen and oxygen atoms in total. The Morgan fingerprint density at radius 2 is 2.15 bits per heavy atom. The average Bonchev–Trinajstić information content (AvgIpc) is 2.07. The molecule has 2 saturated heterocycles. The van der Waals surface area contributed by atoms with Crippen molar-refractivity contribution in [2.45, 2.75) is 25.4 Å². The van der Waals surface area contributed by atoms with Gasteiger partial charge in [-0.2, -0.15) is 0 Å². The van der Waals surface area contributed by atoms with Crippen LogP contribution >= 0.6 is 0 Å². The lowest BCUT2D eigenvalue weighted by Crippen LogP contribution is -2.71. The van der Waals surface area contributed by atoms with Crippen molar-refractivity contribution >= 4 is 5.91 Å². The van der Waals surface area contributed by atoms with Crippen molar-refractivity contribution in [2.24, 2.45) is 5.73 Å². The van der Waals surface area contributed by atoms with Gasteiger partial charge in [0.05, 0.1) is 6.04 Å². The monoisotopic (exact) mass is 183 g/mol. The van der Waals surface area contributed by atoms with Crippen LogP contribution < -0.4 is 5.73 Å². The standard InChI is InChI=1S/C9H17N3O/c1-2-3-11-4-7(5-11)12-6-8(10)9(12)13/h7-8H,2-6,10H2,1H3. The van der Waals surface area contributed by atoms with Gasteiger partial charge in [0.25, 0.3) is 0 Å². The summed E-state index contributed by atoms with van der Waals surface area (Å²) in [5.74, 6) is 0.140. The molecule has 1 amide bonds. The first-order valence-electron chi connectivity index (χ1n) is 5.00. The Kier molecular flexibility index (Phi) is 2.26. The van der Waals surface area contributed by atoms with E-state index in [-0.39, 0.29) is 11.9 Å². The Balaban J connectivity index is 1.72. The van der Waals surface area contributed by atoms with Gasteiger partial charge in [-0.15, -0.1) is 0 Å². The SMILES string of the molecule is CCCN1CC(N2CC(N)C2=O)C1. The highest BCUT2D eigenvalue weighted by atomic mass is 16.2. The summed E-state index contributed by atoms with van der Waals surface area (Å²) < 4.78 is 0. The van der Waals surface area contributed by atoms with Crippen LogP contribution in [0.1, 0.15) is 13.3 Å². The van der Waals surface area contributed by atoms with Crippen LogP contribution in [0.2, 0.25) is 0 Å². The number of likely N-dealkylation sites (tertiary alicyclic amines) is 2. The minimum absolute atomic E-state index is 0.140. The molecule has 1 atom stereocenters. The molecule has 2 aliphatic rings. The molecule has 0 saturated carbocycles. The highest BCUT2D eigenvalue weighted by molar-refractivity contribution is 5.88. The van der Waals surface area contributed by atoms with Crippen LogP contribution in [0.3, 0.4) is 0 Å². The number of amides is 1. The fourth-order valence-electron chi connectivity index (χ4n) is 2.05. The van der Waals surface area contributed by atoms with Crippen molar-refractivity contribution in [2.75, 3.05) is 26.2 Å². The van der Waals surface area contributed by atoms with Crippen LogP contribution in [0.25, 0.3) is 0 Å².